The number of para-hydroxylation sites is 1. The van der Waals surface area contributed by atoms with E-state index in [1.54, 1.807) is 48.5 Å². The maximum absolute atomic E-state index is 14.4. The van der Waals surface area contributed by atoms with Gasteiger partial charge in [0.2, 0.25) is 0 Å². The number of phenols is 1. The van der Waals surface area contributed by atoms with Crippen molar-refractivity contribution in [2.45, 2.75) is 37.1 Å². The van der Waals surface area contributed by atoms with E-state index in [2.05, 4.69) is 4.99 Å². The highest BCUT2D eigenvalue weighted by Crippen LogP contribution is 2.50. The number of aromatic hydroxyl groups is 1. The maximum atomic E-state index is 14.4. The number of nitrogens with zero attached hydrogens (tertiary/aromatic N) is 1. The van der Waals surface area contributed by atoms with Crippen molar-refractivity contribution < 1.29 is 84.1 Å². The minimum Gasteiger partial charge on any atom is -0.507 e. The number of alkyl halides is 18. The van der Waals surface area contributed by atoms with Crippen LogP contribution < -0.4 is 0 Å². The Morgan fingerprint density at radius 1 is 0.338 bits per heavy atom. The molecule has 0 radical (unpaired) electrons. The summed E-state index contributed by atoms with van der Waals surface area (Å²) in [6.07, 6.45) is -32.8. The van der Waals surface area contributed by atoms with Gasteiger partial charge in [0.15, 0.2) is 0 Å². The predicted molar refractivity (Wildman–Crippen MR) is 229 cm³/mol. The Bertz CT molecular complexity index is 3160. The fourth-order valence-corrected chi connectivity index (χ4v) is 8.03. The summed E-state index contributed by atoms with van der Waals surface area (Å²) in [6, 6.07) is 20.0. The molecular weight excluding hydrogens is 985 g/mol. The molecule has 8 aromatic rings. The van der Waals surface area contributed by atoms with Crippen LogP contribution in [0.2, 0.25) is 0 Å². The molecule has 0 fully saturated rings. The smallest absolute Gasteiger partial charge is 0.416 e. The second kappa shape index (κ2) is 17.4. The minimum absolute atomic E-state index is 0.0570. The third-order valence-corrected chi connectivity index (χ3v) is 11.3. The van der Waals surface area contributed by atoms with E-state index in [4.69, 9.17) is 0 Å². The van der Waals surface area contributed by atoms with Crippen LogP contribution in [-0.2, 0) is 37.1 Å². The van der Waals surface area contributed by atoms with Crippen molar-refractivity contribution in [3.8, 4) is 50.3 Å². The fourth-order valence-electron chi connectivity index (χ4n) is 8.03. The van der Waals surface area contributed by atoms with Gasteiger partial charge >= 0.3 is 37.1 Å². The van der Waals surface area contributed by atoms with Crippen LogP contribution in [0.4, 0.5) is 84.7 Å². The SMILES string of the molecule is Oc1c(C=Nc2c(-c3cc(C(F)(F)F)cc(C(F)(F)F)c3)cc(-c3cc(C(F)(F)F)cc(C(F)(F)F)c3)cc2-c2cc(C(F)(F)F)cc(C(F)(F)F)c2)cccc1-c1c2ccccc2cc2ccccc12. The van der Waals surface area contributed by atoms with Gasteiger partial charge in [-0.3, -0.25) is 4.99 Å². The van der Waals surface area contributed by atoms with E-state index >= 15 is 0 Å². The Morgan fingerprint density at radius 2 is 0.676 bits per heavy atom. The Kier molecular flexibility index (Phi) is 12.2. The van der Waals surface area contributed by atoms with E-state index in [1.807, 2.05) is 6.07 Å². The maximum Gasteiger partial charge on any atom is 0.416 e. The second-order valence-corrected chi connectivity index (χ2v) is 16.0. The van der Waals surface area contributed by atoms with Crippen LogP contribution in [0.25, 0.3) is 66.1 Å². The lowest BCUT2D eigenvalue weighted by atomic mass is 9.88. The Hall–Kier alpha value is -7.51. The zero-order valence-corrected chi connectivity index (χ0v) is 35.1. The summed E-state index contributed by atoms with van der Waals surface area (Å²) in [4.78, 5) is 4.20. The molecule has 71 heavy (non-hydrogen) atoms. The second-order valence-electron chi connectivity index (χ2n) is 16.0. The van der Waals surface area contributed by atoms with Gasteiger partial charge in [-0.1, -0.05) is 60.7 Å². The van der Waals surface area contributed by atoms with Gasteiger partial charge < -0.3 is 5.11 Å². The molecule has 0 atom stereocenters. The Balaban J connectivity index is 1.52. The zero-order chi connectivity index (χ0) is 51.8. The topological polar surface area (TPSA) is 32.6 Å². The lowest BCUT2D eigenvalue weighted by molar-refractivity contribution is -0.144. The van der Waals surface area contributed by atoms with Crippen LogP contribution in [0.5, 0.6) is 5.75 Å². The number of hydrogen-bond donors (Lipinski definition) is 1. The predicted octanol–water partition coefficient (Wildman–Crippen LogP) is 18.2. The first-order chi connectivity index (χ1) is 32.9. The molecule has 0 aliphatic rings. The number of benzene rings is 8. The van der Waals surface area contributed by atoms with Crippen molar-refractivity contribution in [3.63, 3.8) is 0 Å². The van der Waals surface area contributed by atoms with Gasteiger partial charge in [0, 0.05) is 34.0 Å². The van der Waals surface area contributed by atoms with Crippen molar-refractivity contribution in [2.24, 2.45) is 4.99 Å². The van der Waals surface area contributed by atoms with Gasteiger partial charge in [-0.25, -0.2) is 0 Å². The van der Waals surface area contributed by atoms with Crippen LogP contribution in [0.15, 0.2) is 145 Å². The highest BCUT2D eigenvalue weighted by Gasteiger charge is 2.41. The number of fused-ring (bicyclic) bond motifs is 2. The normalized spacial score (nSPS) is 13.2. The van der Waals surface area contributed by atoms with E-state index < -0.39 is 115 Å². The summed E-state index contributed by atoms with van der Waals surface area (Å²) < 4.78 is 258. The summed E-state index contributed by atoms with van der Waals surface area (Å²) in [5.74, 6) is -0.599. The van der Waals surface area contributed by atoms with Gasteiger partial charge in [0.1, 0.15) is 5.75 Å². The van der Waals surface area contributed by atoms with Crippen molar-refractivity contribution in [3.05, 3.63) is 178 Å². The molecule has 0 aliphatic heterocycles. The molecule has 0 aliphatic carbocycles. The standard InChI is InChI=1S/C51H25F18NO/c52-46(53,54)32-13-28(14-33(21-32)47(55,56)57)29-19-41(30-15-34(48(58,59)60)22-35(16-30)49(61,62)63)44(42(20-29)31-17-36(50(64,65)66)23-37(18-31)51(67,68)69)70-24-27-8-5-11-40(45(27)71)43-38-9-3-1-6-25(38)12-26-7-2-4-10-39(26)43/h1-24,71H. The van der Waals surface area contributed by atoms with Gasteiger partial charge in [0.25, 0.3) is 0 Å². The van der Waals surface area contributed by atoms with E-state index in [1.165, 1.54) is 18.2 Å². The van der Waals surface area contributed by atoms with Crippen LogP contribution in [0, 0.1) is 0 Å². The quantitative estimate of drug-likeness (QED) is 0.100. The van der Waals surface area contributed by atoms with E-state index in [0.29, 0.717) is 39.2 Å². The first kappa shape index (κ1) is 49.9. The molecule has 0 spiro atoms. The van der Waals surface area contributed by atoms with Gasteiger partial charge in [-0.2, -0.15) is 79.0 Å². The van der Waals surface area contributed by atoms with Crippen LogP contribution in [0.3, 0.4) is 0 Å². The average molecular weight is 1010 g/mol. The molecule has 0 bridgehead atoms. The molecule has 8 aromatic carbocycles. The number of phenolic OH excluding ortho intramolecular Hbond substituents is 1. The monoisotopic (exact) mass is 1010 g/mol. The number of rotatable bonds is 6. The highest BCUT2D eigenvalue weighted by molar-refractivity contribution is 6.14. The summed E-state index contributed by atoms with van der Waals surface area (Å²) in [5.41, 5.74) is -19.6. The Morgan fingerprint density at radius 3 is 1.04 bits per heavy atom. The summed E-state index contributed by atoms with van der Waals surface area (Å²) in [7, 11) is 0. The van der Waals surface area contributed by atoms with Gasteiger partial charge in [0.05, 0.1) is 39.1 Å². The largest absolute Gasteiger partial charge is 0.507 e. The summed E-state index contributed by atoms with van der Waals surface area (Å²) >= 11 is 0. The van der Waals surface area contributed by atoms with Crippen molar-refractivity contribution >= 4 is 33.4 Å². The molecule has 366 valence electrons. The molecule has 0 aromatic heterocycles. The molecule has 8 rings (SSSR count). The van der Waals surface area contributed by atoms with Gasteiger partial charge in [-0.05, 0) is 123 Å². The molecule has 0 saturated carbocycles. The van der Waals surface area contributed by atoms with E-state index in [0.717, 1.165) is 6.21 Å². The van der Waals surface area contributed by atoms with Crippen molar-refractivity contribution in [1.29, 1.82) is 0 Å². The summed E-state index contributed by atoms with van der Waals surface area (Å²) in [5, 5.41) is 14.5. The molecule has 2 nitrogen and oxygen atoms in total. The van der Waals surface area contributed by atoms with Crippen LogP contribution >= 0.6 is 0 Å². The van der Waals surface area contributed by atoms with E-state index in [9.17, 15) is 84.1 Å². The first-order valence-electron chi connectivity index (χ1n) is 20.2. The molecule has 0 saturated heterocycles. The van der Waals surface area contributed by atoms with Gasteiger partial charge in [-0.15, -0.1) is 0 Å². The lowest BCUT2D eigenvalue weighted by Crippen LogP contribution is -2.12. The molecule has 1 N–H and O–H groups in total. The number of hydrogen-bond acceptors (Lipinski definition) is 2. The average Bonchev–Trinajstić information content (AvgIpc) is 3.28. The van der Waals surface area contributed by atoms with Crippen LogP contribution in [-0.4, -0.2) is 11.3 Å². The Labute approximate surface area is 387 Å². The molecular formula is C51H25F18NO. The fraction of sp³-hybridized carbons (Fsp3) is 0.118. The van der Waals surface area contributed by atoms with Crippen molar-refractivity contribution in [2.75, 3.05) is 0 Å². The molecule has 0 heterocycles. The molecule has 0 unspecified atom stereocenters. The van der Waals surface area contributed by atoms with E-state index in [-0.39, 0.29) is 65.7 Å². The minimum atomic E-state index is -5.61. The summed E-state index contributed by atoms with van der Waals surface area (Å²) in [6.45, 7) is 0. The van der Waals surface area contributed by atoms with Crippen molar-refractivity contribution in [1.82, 2.24) is 0 Å². The van der Waals surface area contributed by atoms with Crippen LogP contribution in [0.1, 0.15) is 38.9 Å². The first-order valence-corrected chi connectivity index (χ1v) is 20.2. The third kappa shape index (κ3) is 10.2. The zero-order valence-electron chi connectivity index (χ0n) is 35.1. The molecule has 20 heteroatoms. The highest BCUT2D eigenvalue weighted by atomic mass is 19.4. The third-order valence-electron chi connectivity index (χ3n) is 11.3. The molecule has 0 amide bonds. The lowest BCUT2D eigenvalue weighted by Gasteiger charge is -2.21. The number of aliphatic imine (C=N–C) groups is 1. The number of halogens is 18.